The fourth-order valence-electron chi connectivity index (χ4n) is 2.77. The summed E-state index contributed by atoms with van der Waals surface area (Å²) in [6.07, 6.45) is 0.333. The Kier molecular flexibility index (Phi) is 4.78. The molecule has 0 aliphatic carbocycles. The Balaban J connectivity index is 2.08. The number of pyridine rings is 1. The minimum Gasteiger partial charge on any atom is -0.493 e. The molecular formula is C18H18BrN3O4. The van der Waals surface area contributed by atoms with E-state index >= 15 is 0 Å². The number of rotatable bonds is 5. The van der Waals surface area contributed by atoms with Crippen LogP contribution in [0, 0.1) is 13.8 Å². The van der Waals surface area contributed by atoms with Gasteiger partial charge < -0.3 is 15.3 Å². The largest absolute Gasteiger partial charge is 0.493 e. The molecule has 7 nitrogen and oxygen atoms in total. The van der Waals surface area contributed by atoms with Gasteiger partial charge in [0.05, 0.1) is 5.52 Å². The summed E-state index contributed by atoms with van der Waals surface area (Å²) in [5, 5.41) is 30.2. The second kappa shape index (κ2) is 6.87. The van der Waals surface area contributed by atoms with Crippen LogP contribution in [0.3, 0.4) is 0 Å². The van der Waals surface area contributed by atoms with Crippen molar-refractivity contribution in [2.45, 2.75) is 26.7 Å². The predicted molar refractivity (Wildman–Crippen MR) is 102 cm³/mol. The zero-order chi connectivity index (χ0) is 19.0. The van der Waals surface area contributed by atoms with Crippen molar-refractivity contribution in [2.75, 3.05) is 5.43 Å². The van der Waals surface area contributed by atoms with Crippen LogP contribution in [0.2, 0.25) is 0 Å². The van der Waals surface area contributed by atoms with Gasteiger partial charge in [-0.25, -0.2) is 4.98 Å². The third-order valence-electron chi connectivity index (χ3n) is 4.35. The molecular weight excluding hydrogens is 402 g/mol. The highest BCUT2D eigenvalue weighted by Crippen LogP contribution is 2.32. The number of aromatic hydroxyl groups is 2. The lowest BCUT2D eigenvalue weighted by Gasteiger charge is -2.13. The molecule has 0 aliphatic rings. The van der Waals surface area contributed by atoms with Crippen LogP contribution in [0.5, 0.6) is 11.8 Å². The van der Waals surface area contributed by atoms with Gasteiger partial charge in [0.15, 0.2) is 0 Å². The number of nitrogens with one attached hydrogen (secondary N) is 1. The monoisotopic (exact) mass is 419 g/mol. The zero-order valence-corrected chi connectivity index (χ0v) is 15.8. The van der Waals surface area contributed by atoms with Gasteiger partial charge in [0.1, 0.15) is 5.82 Å². The number of carboxylic acids is 1. The molecule has 3 aromatic rings. The summed E-state index contributed by atoms with van der Waals surface area (Å²) in [5.74, 6) is -0.712. The number of nitrogens with zero attached hydrogens (tertiary/aromatic N) is 2. The normalized spacial score (nSPS) is 11.0. The quantitative estimate of drug-likeness (QED) is 0.501. The van der Waals surface area contributed by atoms with Gasteiger partial charge in [-0.05, 0) is 44.0 Å². The minimum absolute atomic E-state index is 0.00709. The number of anilines is 1. The first-order chi connectivity index (χ1) is 12.3. The fourth-order valence-corrected chi connectivity index (χ4v) is 3.12. The number of aromatic nitrogens is 2. The number of benzene rings is 1. The molecule has 0 saturated heterocycles. The van der Waals surface area contributed by atoms with E-state index < -0.39 is 5.97 Å². The maximum Gasteiger partial charge on any atom is 0.303 e. The van der Waals surface area contributed by atoms with Gasteiger partial charge in [0.2, 0.25) is 11.8 Å². The van der Waals surface area contributed by atoms with E-state index in [4.69, 9.17) is 5.11 Å². The van der Waals surface area contributed by atoms with Crippen LogP contribution in [-0.4, -0.2) is 30.9 Å². The molecule has 0 atom stereocenters. The second-order valence-electron chi connectivity index (χ2n) is 6.07. The van der Waals surface area contributed by atoms with E-state index in [1.165, 1.54) is 0 Å². The Morgan fingerprint density at radius 3 is 2.46 bits per heavy atom. The third kappa shape index (κ3) is 3.32. The van der Waals surface area contributed by atoms with E-state index in [2.05, 4.69) is 26.3 Å². The Morgan fingerprint density at radius 1 is 1.19 bits per heavy atom. The van der Waals surface area contributed by atoms with Gasteiger partial charge >= 0.3 is 5.97 Å². The van der Waals surface area contributed by atoms with Gasteiger partial charge in [-0.3, -0.25) is 10.2 Å². The first-order valence-corrected chi connectivity index (χ1v) is 8.75. The van der Waals surface area contributed by atoms with Gasteiger partial charge in [-0.2, -0.15) is 4.68 Å². The molecule has 0 spiro atoms. The highest BCUT2D eigenvalue weighted by molar-refractivity contribution is 9.10. The average molecular weight is 420 g/mol. The molecule has 136 valence electrons. The highest BCUT2D eigenvalue weighted by Gasteiger charge is 2.17. The van der Waals surface area contributed by atoms with Crippen LogP contribution in [-0.2, 0) is 11.2 Å². The molecule has 8 heteroatoms. The van der Waals surface area contributed by atoms with E-state index in [0.717, 1.165) is 20.1 Å². The lowest BCUT2D eigenvalue weighted by molar-refractivity contribution is -0.136. The Morgan fingerprint density at radius 2 is 1.85 bits per heavy atom. The Labute approximate surface area is 158 Å². The summed E-state index contributed by atoms with van der Waals surface area (Å²) in [4.78, 5) is 15.5. The highest BCUT2D eigenvalue weighted by atomic mass is 79.9. The smallest absolute Gasteiger partial charge is 0.303 e. The van der Waals surface area contributed by atoms with Crippen molar-refractivity contribution in [1.82, 2.24) is 9.66 Å². The molecule has 3 rings (SSSR count). The molecule has 0 fully saturated rings. The van der Waals surface area contributed by atoms with Crippen LogP contribution in [0.4, 0.5) is 5.82 Å². The molecule has 2 heterocycles. The first kappa shape index (κ1) is 18.1. The number of aliphatic carboxylic acids is 1. The van der Waals surface area contributed by atoms with E-state index in [-0.39, 0.29) is 18.2 Å². The number of aryl methyl sites for hydroxylation is 1. The second-order valence-corrected chi connectivity index (χ2v) is 6.98. The minimum atomic E-state index is -0.881. The molecule has 26 heavy (non-hydrogen) atoms. The third-order valence-corrected chi connectivity index (χ3v) is 4.84. The van der Waals surface area contributed by atoms with Crippen LogP contribution in [0.25, 0.3) is 10.9 Å². The topological polar surface area (TPSA) is 108 Å². The number of carbonyl (C=O) groups is 1. The maximum absolute atomic E-state index is 11.0. The predicted octanol–water partition coefficient (Wildman–Crippen LogP) is 3.72. The average Bonchev–Trinajstić information content (AvgIpc) is 2.77. The van der Waals surface area contributed by atoms with Gasteiger partial charge in [0.25, 0.3) is 0 Å². The summed E-state index contributed by atoms with van der Waals surface area (Å²) in [6.45, 7) is 3.40. The lowest BCUT2D eigenvalue weighted by Crippen LogP contribution is -2.10. The summed E-state index contributed by atoms with van der Waals surface area (Å²) in [5.41, 5.74) is 5.49. The standard InChI is InChI=1S/C18H18BrN3O4/c1-9-10(2)18(26)22(17(9)25)21-15-7-11(3-6-16(23)24)13-5-4-12(19)8-14(13)20-15/h4-5,7-8,25-26H,3,6H2,1-2H3,(H,20,21)(H,23,24). The summed E-state index contributed by atoms with van der Waals surface area (Å²) in [7, 11) is 0. The van der Waals surface area contributed by atoms with Gasteiger partial charge in [0, 0.05) is 27.4 Å². The van der Waals surface area contributed by atoms with Crippen molar-refractivity contribution in [3.8, 4) is 11.8 Å². The maximum atomic E-state index is 11.0. The Bertz CT molecular complexity index is 988. The van der Waals surface area contributed by atoms with Crippen molar-refractivity contribution in [2.24, 2.45) is 0 Å². The first-order valence-electron chi connectivity index (χ1n) is 7.95. The molecule has 0 aliphatic heterocycles. The van der Waals surface area contributed by atoms with Crippen molar-refractivity contribution in [3.63, 3.8) is 0 Å². The molecule has 2 aromatic heterocycles. The van der Waals surface area contributed by atoms with E-state index in [1.54, 1.807) is 19.9 Å². The van der Waals surface area contributed by atoms with Crippen LogP contribution < -0.4 is 5.43 Å². The number of fused-ring (bicyclic) bond motifs is 1. The molecule has 0 unspecified atom stereocenters. The van der Waals surface area contributed by atoms with Crippen LogP contribution in [0.15, 0.2) is 28.7 Å². The van der Waals surface area contributed by atoms with Crippen LogP contribution in [0.1, 0.15) is 23.1 Å². The fraction of sp³-hybridized carbons (Fsp3) is 0.222. The van der Waals surface area contributed by atoms with E-state index in [0.29, 0.717) is 28.9 Å². The van der Waals surface area contributed by atoms with Gasteiger partial charge in [-0.15, -0.1) is 0 Å². The summed E-state index contributed by atoms with van der Waals surface area (Å²) in [6, 6.07) is 7.31. The SMILES string of the molecule is Cc1c(C)c(O)n(Nc2cc(CCC(=O)O)c3ccc(Br)cc3n2)c1O. The number of hydrogen-bond donors (Lipinski definition) is 4. The number of halogens is 1. The molecule has 0 bridgehead atoms. The lowest BCUT2D eigenvalue weighted by atomic mass is 10.0. The number of hydrogen-bond acceptors (Lipinski definition) is 5. The number of carboxylic acid groups (broad SMARTS) is 1. The van der Waals surface area contributed by atoms with Crippen molar-refractivity contribution >= 4 is 38.6 Å². The molecule has 1 aromatic carbocycles. The van der Waals surface area contributed by atoms with Crippen molar-refractivity contribution in [1.29, 1.82) is 0 Å². The molecule has 0 radical (unpaired) electrons. The summed E-state index contributed by atoms with van der Waals surface area (Å²) < 4.78 is 2.00. The van der Waals surface area contributed by atoms with Crippen molar-refractivity contribution in [3.05, 3.63) is 45.4 Å². The van der Waals surface area contributed by atoms with Crippen LogP contribution >= 0.6 is 15.9 Å². The van der Waals surface area contributed by atoms with Crippen molar-refractivity contribution < 1.29 is 20.1 Å². The molecule has 0 saturated carbocycles. The Hall–Kier alpha value is -2.74. The summed E-state index contributed by atoms with van der Waals surface area (Å²) >= 11 is 3.41. The van der Waals surface area contributed by atoms with Gasteiger partial charge in [-0.1, -0.05) is 22.0 Å². The zero-order valence-electron chi connectivity index (χ0n) is 14.2. The van der Waals surface area contributed by atoms with E-state index in [9.17, 15) is 15.0 Å². The van der Waals surface area contributed by atoms with E-state index in [1.807, 2.05) is 18.2 Å². The molecule has 4 N–H and O–H groups in total. The molecule has 0 amide bonds.